The van der Waals surface area contributed by atoms with Gasteiger partial charge in [0, 0.05) is 6.42 Å². The van der Waals surface area contributed by atoms with Crippen LogP contribution >= 0.6 is 12.2 Å². The average Bonchev–Trinajstić information content (AvgIpc) is 1.65. The van der Waals surface area contributed by atoms with E-state index >= 15 is 0 Å². The van der Waals surface area contributed by atoms with Gasteiger partial charge in [0.25, 0.3) is 0 Å². The highest BCUT2D eigenvalue weighted by Crippen LogP contribution is 1.71. The standard InChI is InChI=1S/C4H8N2OS/c1-2-3(7)6-4(5)8/h2H2,1H3,(H3,5,6,7,8). The van der Waals surface area contributed by atoms with E-state index in [2.05, 4.69) is 17.5 Å². The summed E-state index contributed by atoms with van der Waals surface area (Å²) in [7, 11) is 0. The number of rotatable bonds is 1. The fraction of sp³-hybridized carbons (Fsp3) is 0.500. The molecule has 0 heterocycles. The Hall–Kier alpha value is -0.640. The smallest absolute Gasteiger partial charge is 0.225 e. The van der Waals surface area contributed by atoms with Gasteiger partial charge in [0.05, 0.1) is 0 Å². The lowest BCUT2D eigenvalue weighted by Crippen LogP contribution is -2.33. The molecule has 0 spiro atoms. The Morgan fingerprint density at radius 3 is 2.50 bits per heavy atom. The van der Waals surface area contributed by atoms with Crippen molar-refractivity contribution in [2.45, 2.75) is 13.3 Å². The van der Waals surface area contributed by atoms with Gasteiger partial charge in [-0.15, -0.1) is 0 Å². The second kappa shape index (κ2) is 3.37. The van der Waals surface area contributed by atoms with Crippen LogP contribution in [0.3, 0.4) is 0 Å². The maximum Gasteiger partial charge on any atom is 0.225 e. The molecule has 3 N–H and O–H groups in total. The molecule has 0 aromatic carbocycles. The fourth-order valence-electron chi connectivity index (χ4n) is 0.226. The zero-order chi connectivity index (χ0) is 6.57. The molecule has 0 aliphatic rings. The molecule has 0 saturated heterocycles. The average molecular weight is 132 g/mol. The van der Waals surface area contributed by atoms with Gasteiger partial charge in [-0.25, -0.2) is 0 Å². The predicted molar refractivity (Wildman–Crippen MR) is 35.2 cm³/mol. The van der Waals surface area contributed by atoms with Crippen LogP contribution in [0.2, 0.25) is 0 Å². The van der Waals surface area contributed by atoms with Gasteiger partial charge in [-0.2, -0.15) is 0 Å². The molecule has 1 amide bonds. The van der Waals surface area contributed by atoms with Crippen molar-refractivity contribution in [2.75, 3.05) is 0 Å². The summed E-state index contributed by atoms with van der Waals surface area (Å²) < 4.78 is 0. The lowest BCUT2D eigenvalue weighted by molar-refractivity contribution is -0.119. The monoisotopic (exact) mass is 132 g/mol. The number of nitrogens with one attached hydrogen (secondary N) is 1. The van der Waals surface area contributed by atoms with Gasteiger partial charge in [-0.05, 0) is 12.2 Å². The molecule has 0 bridgehead atoms. The van der Waals surface area contributed by atoms with Crippen LogP contribution in [0.15, 0.2) is 0 Å². The van der Waals surface area contributed by atoms with Crippen molar-refractivity contribution in [1.29, 1.82) is 0 Å². The van der Waals surface area contributed by atoms with Crippen molar-refractivity contribution in [3.63, 3.8) is 0 Å². The van der Waals surface area contributed by atoms with E-state index < -0.39 is 0 Å². The number of hydrogen-bond donors (Lipinski definition) is 2. The van der Waals surface area contributed by atoms with Crippen LogP contribution in [0.1, 0.15) is 13.3 Å². The van der Waals surface area contributed by atoms with Gasteiger partial charge in [0.2, 0.25) is 5.91 Å². The normalized spacial score (nSPS) is 8.12. The van der Waals surface area contributed by atoms with Gasteiger partial charge < -0.3 is 11.1 Å². The van der Waals surface area contributed by atoms with Crippen LogP contribution in [-0.4, -0.2) is 11.0 Å². The summed E-state index contributed by atoms with van der Waals surface area (Å²) in [6.45, 7) is 1.73. The number of carbonyl (C=O) groups excluding carboxylic acids is 1. The third-order valence-electron chi connectivity index (χ3n) is 0.584. The molecule has 0 rings (SSSR count). The fourth-order valence-corrected chi connectivity index (χ4v) is 0.340. The minimum atomic E-state index is -0.141. The van der Waals surface area contributed by atoms with Crippen LogP contribution < -0.4 is 11.1 Å². The molecule has 0 saturated carbocycles. The number of thiocarbonyl (C=S) groups is 1. The van der Waals surface area contributed by atoms with Gasteiger partial charge in [-0.3, -0.25) is 4.79 Å². The summed E-state index contributed by atoms with van der Waals surface area (Å²) in [5.41, 5.74) is 4.97. The number of carbonyl (C=O) groups is 1. The molecule has 46 valence electrons. The van der Waals surface area contributed by atoms with E-state index in [9.17, 15) is 4.79 Å². The summed E-state index contributed by atoms with van der Waals surface area (Å²) in [5, 5.41) is 2.30. The third-order valence-corrected chi connectivity index (χ3v) is 0.686. The molecule has 0 aromatic heterocycles. The van der Waals surface area contributed by atoms with Gasteiger partial charge >= 0.3 is 0 Å². The van der Waals surface area contributed by atoms with Crippen molar-refractivity contribution < 1.29 is 4.79 Å². The summed E-state index contributed by atoms with van der Waals surface area (Å²) in [6.07, 6.45) is 0.414. The van der Waals surface area contributed by atoms with Crippen LogP contribution in [0.4, 0.5) is 0 Å². The topological polar surface area (TPSA) is 55.1 Å². The van der Waals surface area contributed by atoms with Crippen molar-refractivity contribution >= 4 is 23.2 Å². The minimum absolute atomic E-state index is 0.0388. The number of amides is 1. The SMILES string of the molecule is CCC(=O)NC(N)=S. The van der Waals surface area contributed by atoms with Crippen LogP contribution in [0, 0.1) is 0 Å². The number of hydrogen-bond acceptors (Lipinski definition) is 2. The lowest BCUT2D eigenvalue weighted by Gasteiger charge is -1.95. The first-order valence-electron chi connectivity index (χ1n) is 2.26. The Kier molecular flexibility index (Phi) is 3.10. The summed E-state index contributed by atoms with van der Waals surface area (Å²) in [6, 6.07) is 0. The van der Waals surface area contributed by atoms with Crippen LogP contribution in [0.25, 0.3) is 0 Å². The zero-order valence-electron chi connectivity index (χ0n) is 4.60. The Morgan fingerprint density at radius 1 is 1.88 bits per heavy atom. The molecule has 3 nitrogen and oxygen atoms in total. The van der Waals surface area contributed by atoms with E-state index in [4.69, 9.17) is 5.73 Å². The van der Waals surface area contributed by atoms with E-state index in [1.807, 2.05) is 0 Å². The molecule has 0 fully saturated rings. The molecule has 0 aromatic rings. The van der Waals surface area contributed by atoms with Crippen LogP contribution in [-0.2, 0) is 4.79 Å². The van der Waals surface area contributed by atoms with E-state index in [1.54, 1.807) is 6.92 Å². The van der Waals surface area contributed by atoms with Crippen molar-refractivity contribution in [3.8, 4) is 0 Å². The van der Waals surface area contributed by atoms with Gasteiger partial charge in [0.15, 0.2) is 5.11 Å². The molecule has 4 heteroatoms. The van der Waals surface area contributed by atoms with E-state index in [-0.39, 0.29) is 11.0 Å². The van der Waals surface area contributed by atoms with Crippen LogP contribution in [0.5, 0.6) is 0 Å². The molecule has 0 radical (unpaired) electrons. The molecular weight excluding hydrogens is 124 g/mol. The first-order valence-corrected chi connectivity index (χ1v) is 2.67. The molecule has 0 aliphatic carbocycles. The van der Waals surface area contributed by atoms with Crippen molar-refractivity contribution in [3.05, 3.63) is 0 Å². The highest BCUT2D eigenvalue weighted by Gasteiger charge is 1.93. The lowest BCUT2D eigenvalue weighted by atomic mass is 10.5. The third kappa shape index (κ3) is 3.55. The van der Waals surface area contributed by atoms with Crippen molar-refractivity contribution in [1.82, 2.24) is 5.32 Å². The summed E-state index contributed by atoms with van der Waals surface area (Å²) in [5.74, 6) is -0.141. The maximum absolute atomic E-state index is 10.3. The van der Waals surface area contributed by atoms with Gasteiger partial charge in [-0.1, -0.05) is 6.92 Å². The van der Waals surface area contributed by atoms with E-state index in [0.717, 1.165) is 0 Å². The first kappa shape index (κ1) is 7.36. The Bertz CT molecular complexity index is 113. The second-order valence-corrected chi connectivity index (χ2v) is 1.71. The summed E-state index contributed by atoms with van der Waals surface area (Å²) in [4.78, 5) is 10.3. The number of nitrogens with two attached hydrogens (primary N) is 1. The van der Waals surface area contributed by atoms with E-state index in [1.165, 1.54) is 0 Å². The summed E-state index contributed by atoms with van der Waals surface area (Å²) >= 11 is 4.38. The molecular formula is C4H8N2OS. The Balaban J connectivity index is 3.40. The van der Waals surface area contributed by atoms with Gasteiger partial charge in [0.1, 0.15) is 0 Å². The molecule has 8 heavy (non-hydrogen) atoms. The quantitative estimate of drug-likeness (QED) is 0.484. The maximum atomic E-state index is 10.3. The Labute approximate surface area is 53.2 Å². The minimum Gasteiger partial charge on any atom is -0.376 e. The second-order valence-electron chi connectivity index (χ2n) is 1.27. The largest absolute Gasteiger partial charge is 0.376 e. The molecule has 0 unspecified atom stereocenters. The first-order chi connectivity index (χ1) is 3.66. The molecule has 0 aliphatic heterocycles. The highest BCUT2D eigenvalue weighted by molar-refractivity contribution is 7.80. The Morgan fingerprint density at radius 2 is 2.38 bits per heavy atom. The van der Waals surface area contributed by atoms with E-state index in [0.29, 0.717) is 6.42 Å². The molecule has 0 atom stereocenters. The van der Waals surface area contributed by atoms with Crippen molar-refractivity contribution in [2.24, 2.45) is 5.73 Å². The predicted octanol–water partition coefficient (Wildman–Crippen LogP) is -0.244. The highest BCUT2D eigenvalue weighted by atomic mass is 32.1. The zero-order valence-corrected chi connectivity index (χ0v) is 5.42.